The minimum absolute atomic E-state index is 0.106. The molecule has 20 heavy (non-hydrogen) atoms. The van der Waals surface area contributed by atoms with E-state index in [1.165, 1.54) is 24.3 Å². The molecular formula is C15H15FN2O2. The Bertz CT molecular complexity index is 585. The van der Waals surface area contributed by atoms with Gasteiger partial charge in [0.25, 0.3) is 5.91 Å². The number of benzene rings is 1. The second kappa shape index (κ2) is 6.65. The van der Waals surface area contributed by atoms with Gasteiger partial charge >= 0.3 is 0 Å². The summed E-state index contributed by atoms with van der Waals surface area (Å²) >= 11 is 0. The molecule has 0 spiro atoms. The van der Waals surface area contributed by atoms with E-state index in [1.54, 1.807) is 12.4 Å². The Balaban J connectivity index is 1.78. The zero-order chi connectivity index (χ0) is 14.4. The number of carbonyl (C=O) groups excluding carboxylic acids is 1. The van der Waals surface area contributed by atoms with Crippen LogP contribution in [0.4, 0.5) is 4.39 Å². The highest BCUT2D eigenvalue weighted by Gasteiger charge is 2.04. The largest absolute Gasteiger partial charge is 0.484 e. The number of hydrogen-bond donors (Lipinski definition) is 1. The second-order valence-corrected chi connectivity index (χ2v) is 4.32. The summed E-state index contributed by atoms with van der Waals surface area (Å²) in [6.07, 6.45) is 3.43. The van der Waals surface area contributed by atoms with Gasteiger partial charge in [0.15, 0.2) is 6.61 Å². The highest BCUT2D eigenvalue weighted by atomic mass is 19.1. The number of nitrogens with zero attached hydrogens (tertiary/aromatic N) is 1. The molecule has 1 heterocycles. The molecule has 0 radical (unpaired) electrons. The molecule has 1 aromatic carbocycles. The lowest BCUT2D eigenvalue weighted by atomic mass is 10.1. The van der Waals surface area contributed by atoms with E-state index in [9.17, 15) is 9.18 Å². The molecular weight excluding hydrogens is 259 g/mol. The fraction of sp³-hybridized carbons (Fsp3) is 0.200. The minimum atomic E-state index is -0.339. The van der Waals surface area contributed by atoms with Crippen LogP contribution in [0.25, 0.3) is 0 Å². The predicted molar refractivity (Wildman–Crippen MR) is 72.7 cm³/mol. The third-order valence-electron chi connectivity index (χ3n) is 2.81. The summed E-state index contributed by atoms with van der Waals surface area (Å²) in [6, 6.07) is 7.41. The van der Waals surface area contributed by atoms with Crippen LogP contribution in [0.3, 0.4) is 0 Å². The third-order valence-corrected chi connectivity index (χ3v) is 2.81. The number of pyridine rings is 1. The molecule has 0 aliphatic carbocycles. The predicted octanol–water partition coefficient (Wildman–Crippen LogP) is 2.22. The zero-order valence-corrected chi connectivity index (χ0v) is 11.1. The second-order valence-electron chi connectivity index (χ2n) is 4.32. The molecule has 0 saturated carbocycles. The Labute approximate surface area is 116 Å². The summed E-state index contributed by atoms with van der Waals surface area (Å²) in [5.41, 5.74) is 2.03. The molecule has 2 aromatic rings. The van der Waals surface area contributed by atoms with Crippen LogP contribution < -0.4 is 10.1 Å². The van der Waals surface area contributed by atoms with Crippen LogP contribution in [0.15, 0.2) is 42.7 Å². The molecule has 0 atom stereocenters. The molecule has 0 aliphatic rings. The van der Waals surface area contributed by atoms with Crippen LogP contribution in [-0.2, 0) is 11.3 Å². The Kier molecular flexibility index (Phi) is 4.65. The molecule has 1 N–H and O–H groups in total. The third kappa shape index (κ3) is 4.05. The van der Waals surface area contributed by atoms with Crippen molar-refractivity contribution in [1.29, 1.82) is 0 Å². The van der Waals surface area contributed by atoms with Crippen molar-refractivity contribution in [2.45, 2.75) is 13.5 Å². The average Bonchev–Trinajstić information content (AvgIpc) is 2.46. The van der Waals surface area contributed by atoms with Gasteiger partial charge in [-0.05, 0) is 48.4 Å². The Morgan fingerprint density at radius 3 is 2.75 bits per heavy atom. The van der Waals surface area contributed by atoms with Crippen molar-refractivity contribution < 1.29 is 13.9 Å². The van der Waals surface area contributed by atoms with Crippen LogP contribution in [0.1, 0.15) is 11.1 Å². The summed E-state index contributed by atoms with van der Waals surface area (Å²) in [6.45, 7) is 2.26. The topological polar surface area (TPSA) is 51.2 Å². The smallest absolute Gasteiger partial charge is 0.258 e. The van der Waals surface area contributed by atoms with E-state index in [1.807, 2.05) is 13.0 Å². The van der Waals surface area contributed by atoms with Crippen LogP contribution in [0.5, 0.6) is 5.75 Å². The molecule has 0 unspecified atom stereocenters. The summed E-state index contributed by atoms with van der Waals surface area (Å²) in [4.78, 5) is 15.6. The number of carbonyl (C=O) groups is 1. The van der Waals surface area contributed by atoms with Crippen molar-refractivity contribution >= 4 is 5.91 Å². The monoisotopic (exact) mass is 274 g/mol. The highest BCUT2D eigenvalue weighted by Crippen LogP contribution is 2.10. The van der Waals surface area contributed by atoms with Gasteiger partial charge in [-0.3, -0.25) is 9.78 Å². The number of aromatic nitrogens is 1. The first-order valence-corrected chi connectivity index (χ1v) is 6.20. The summed E-state index contributed by atoms with van der Waals surface area (Å²) in [5, 5.41) is 2.74. The maximum absolute atomic E-state index is 12.7. The normalized spacial score (nSPS) is 10.1. The van der Waals surface area contributed by atoms with Crippen LogP contribution in [0.2, 0.25) is 0 Å². The van der Waals surface area contributed by atoms with E-state index >= 15 is 0 Å². The molecule has 104 valence electrons. The van der Waals surface area contributed by atoms with Gasteiger partial charge in [-0.15, -0.1) is 0 Å². The SMILES string of the molecule is Cc1ccncc1CNC(=O)COc1ccc(F)cc1. The Hall–Kier alpha value is -2.43. The van der Waals surface area contributed by atoms with Crippen LogP contribution in [0, 0.1) is 12.7 Å². The first-order chi connectivity index (χ1) is 9.65. The molecule has 4 nitrogen and oxygen atoms in total. The van der Waals surface area contributed by atoms with Crippen molar-refractivity contribution in [3.05, 3.63) is 59.7 Å². The summed E-state index contributed by atoms with van der Waals surface area (Å²) in [5.74, 6) is -0.120. The van der Waals surface area contributed by atoms with E-state index < -0.39 is 0 Å². The number of ether oxygens (including phenoxy) is 1. The molecule has 5 heteroatoms. The van der Waals surface area contributed by atoms with Crippen molar-refractivity contribution in [1.82, 2.24) is 10.3 Å². The first-order valence-electron chi connectivity index (χ1n) is 6.20. The van der Waals surface area contributed by atoms with Gasteiger partial charge in [-0.25, -0.2) is 4.39 Å². The molecule has 0 fully saturated rings. The molecule has 1 aromatic heterocycles. The molecule has 2 rings (SSSR count). The fourth-order valence-electron chi connectivity index (χ4n) is 1.61. The van der Waals surface area contributed by atoms with Crippen molar-refractivity contribution in [2.24, 2.45) is 0 Å². The highest BCUT2D eigenvalue weighted by molar-refractivity contribution is 5.77. The lowest BCUT2D eigenvalue weighted by Gasteiger charge is -2.08. The van der Waals surface area contributed by atoms with Gasteiger partial charge in [-0.2, -0.15) is 0 Å². The number of halogens is 1. The fourth-order valence-corrected chi connectivity index (χ4v) is 1.61. The van der Waals surface area contributed by atoms with Gasteiger partial charge in [-0.1, -0.05) is 0 Å². The van der Waals surface area contributed by atoms with Gasteiger partial charge in [0.2, 0.25) is 0 Å². The lowest BCUT2D eigenvalue weighted by molar-refractivity contribution is -0.123. The molecule has 0 aliphatic heterocycles. The minimum Gasteiger partial charge on any atom is -0.484 e. The maximum Gasteiger partial charge on any atom is 0.258 e. The van der Waals surface area contributed by atoms with E-state index in [0.717, 1.165) is 11.1 Å². The van der Waals surface area contributed by atoms with Crippen LogP contribution >= 0.6 is 0 Å². The average molecular weight is 274 g/mol. The first kappa shape index (κ1) is 14.0. The van der Waals surface area contributed by atoms with Crippen molar-refractivity contribution in [3.8, 4) is 5.75 Å². The number of rotatable bonds is 5. The van der Waals surface area contributed by atoms with E-state index in [2.05, 4.69) is 10.3 Å². The van der Waals surface area contributed by atoms with Crippen molar-refractivity contribution in [3.63, 3.8) is 0 Å². The number of hydrogen-bond acceptors (Lipinski definition) is 3. The van der Waals surface area contributed by atoms with Gasteiger partial charge in [0, 0.05) is 18.9 Å². The quantitative estimate of drug-likeness (QED) is 0.909. The number of nitrogens with one attached hydrogen (secondary N) is 1. The van der Waals surface area contributed by atoms with Crippen molar-refractivity contribution in [2.75, 3.05) is 6.61 Å². The Morgan fingerprint density at radius 1 is 1.30 bits per heavy atom. The standard InChI is InChI=1S/C15H15FN2O2/c1-11-6-7-17-8-12(11)9-18-15(19)10-20-14-4-2-13(16)3-5-14/h2-8H,9-10H2,1H3,(H,18,19). The summed E-state index contributed by atoms with van der Waals surface area (Å²) in [7, 11) is 0. The lowest BCUT2D eigenvalue weighted by Crippen LogP contribution is -2.28. The number of aryl methyl sites for hydroxylation is 1. The van der Waals surface area contributed by atoms with E-state index in [4.69, 9.17) is 4.74 Å². The maximum atomic E-state index is 12.7. The summed E-state index contributed by atoms with van der Waals surface area (Å²) < 4.78 is 17.9. The van der Waals surface area contributed by atoms with Gasteiger partial charge in [0.05, 0.1) is 0 Å². The molecule has 0 bridgehead atoms. The Morgan fingerprint density at radius 2 is 2.05 bits per heavy atom. The zero-order valence-electron chi connectivity index (χ0n) is 11.1. The molecule has 0 saturated heterocycles. The number of amides is 1. The van der Waals surface area contributed by atoms with Gasteiger partial charge < -0.3 is 10.1 Å². The van der Waals surface area contributed by atoms with E-state index in [-0.39, 0.29) is 18.3 Å². The van der Waals surface area contributed by atoms with Crippen LogP contribution in [-0.4, -0.2) is 17.5 Å². The van der Waals surface area contributed by atoms with E-state index in [0.29, 0.717) is 12.3 Å². The van der Waals surface area contributed by atoms with Gasteiger partial charge in [0.1, 0.15) is 11.6 Å². The molecule has 1 amide bonds.